The van der Waals surface area contributed by atoms with Gasteiger partial charge in [-0.2, -0.15) is 5.10 Å². The smallest absolute Gasteiger partial charge is 0.346 e. The lowest BCUT2D eigenvalue weighted by atomic mass is 9.94. The molecule has 15 heteroatoms. The first-order chi connectivity index (χ1) is 23.3. The molecule has 3 heterocycles. The van der Waals surface area contributed by atoms with Gasteiger partial charge in [-0.25, -0.2) is 23.2 Å². The van der Waals surface area contributed by atoms with E-state index in [0.29, 0.717) is 30.2 Å². The lowest BCUT2D eigenvalue weighted by Gasteiger charge is -2.38. The molecule has 49 heavy (non-hydrogen) atoms. The molecule has 1 fully saturated rings. The van der Waals surface area contributed by atoms with Crippen LogP contribution in [0.5, 0.6) is 5.88 Å². The molecule has 2 aromatic carbocycles. The number of aromatic nitrogens is 4. The van der Waals surface area contributed by atoms with Gasteiger partial charge >= 0.3 is 5.69 Å². The van der Waals surface area contributed by atoms with Gasteiger partial charge in [0, 0.05) is 81.2 Å². The van der Waals surface area contributed by atoms with Crippen molar-refractivity contribution in [3.8, 4) is 28.3 Å². The van der Waals surface area contributed by atoms with Gasteiger partial charge in [0.25, 0.3) is 11.5 Å². The number of methoxy groups -OCH3 is 1. The third-order valence-electron chi connectivity index (χ3n) is 9.34. The van der Waals surface area contributed by atoms with Crippen molar-refractivity contribution in [1.82, 2.24) is 29.1 Å². The summed E-state index contributed by atoms with van der Waals surface area (Å²) in [4.78, 5) is 58.5. The highest BCUT2D eigenvalue weighted by Gasteiger charge is 2.35. The van der Waals surface area contributed by atoms with Gasteiger partial charge in [0.1, 0.15) is 11.6 Å². The van der Waals surface area contributed by atoms with Gasteiger partial charge in [-0.1, -0.05) is 11.6 Å². The second-order valence-electron chi connectivity index (χ2n) is 12.1. The summed E-state index contributed by atoms with van der Waals surface area (Å²) < 4.78 is 38.6. The van der Waals surface area contributed by atoms with Crippen LogP contribution in [0.4, 0.5) is 14.5 Å². The Hall–Kier alpha value is -4.95. The number of hydrogen-bond donors (Lipinski definition) is 1. The van der Waals surface area contributed by atoms with Crippen LogP contribution in [0, 0.1) is 18.6 Å². The Morgan fingerprint density at radius 1 is 1.02 bits per heavy atom. The Balaban J connectivity index is 1.36. The maximum absolute atomic E-state index is 15.6. The lowest BCUT2D eigenvalue weighted by Crippen LogP contribution is -2.48. The topological polar surface area (TPSA) is 132 Å². The number of halogens is 3. The largest absolute Gasteiger partial charge is 0.481 e. The fourth-order valence-electron chi connectivity index (χ4n) is 6.71. The summed E-state index contributed by atoms with van der Waals surface area (Å²) in [6.07, 6.45) is 1.58. The number of carbonyl (C=O) groups is 2. The Kier molecular flexibility index (Phi) is 9.11. The molecular formula is C34H34ClF2N7O5. The van der Waals surface area contributed by atoms with Crippen molar-refractivity contribution in [2.75, 3.05) is 38.6 Å². The average molecular weight is 694 g/mol. The van der Waals surface area contributed by atoms with Crippen LogP contribution < -0.4 is 21.3 Å². The molecule has 0 saturated carbocycles. The molecule has 12 nitrogen and oxygen atoms in total. The SMILES string of the molecule is COc1nc(-c2ccc(F)c(-c3c(F)ccc(NC(=O)c4nn(C)c(=O)n(C)c4=O)c3C)c2Cl)cc2c1[C@@H](N1CCN(C(C)=O)CC1)CC2. The number of anilines is 1. The third-order valence-corrected chi connectivity index (χ3v) is 9.73. The summed E-state index contributed by atoms with van der Waals surface area (Å²) in [5, 5.41) is 6.22. The highest BCUT2D eigenvalue weighted by Crippen LogP contribution is 2.46. The average Bonchev–Trinajstić information content (AvgIpc) is 3.52. The zero-order chi connectivity index (χ0) is 35.3. The first-order valence-electron chi connectivity index (χ1n) is 15.6. The van der Waals surface area contributed by atoms with E-state index in [1.54, 1.807) is 6.92 Å². The predicted octanol–water partition coefficient (Wildman–Crippen LogP) is 3.86. The van der Waals surface area contributed by atoms with E-state index in [1.165, 1.54) is 46.3 Å². The molecule has 2 aliphatic rings. The first-order valence-corrected chi connectivity index (χ1v) is 16.0. The summed E-state index contributed by atoms with van der Waals surface area (Å²) in [6, 6.07) is 6.94. The minimum Gasteiger partial charge on any atom is -0.481 e. The summed E-state index contributed by atoms with van der Waals surface area (Å²) in [7, 11) is 4.04. The number of rotatable bonds is 6. The lowest BCUT2D eigenvalue weighted by molar-refractivity contribution is -0.130. The molecule has 256 valence electrons. The molecule has 6 rings (SSSR count). The molecule has 1 saturated heterocycles. The second kappa shape index (κ2) is 13.2. The minimum atomic E-state index is -0.939. The van der Waals surface area contributed by atoms with Crippen molar-refractivity contribution in [1.29, 1.82) is 0 Å². The molecule has 1 atom stereocenters. The monoisotopic (exact) mass is 693 g/mol. The number of ether oxygens (including phenoxy) is 1. The van der Waals surface area contributed by atoms with Crippen molar-refractivity contribution in [3.63, 3.8) is 0 Å². The standard InChI is InChI=1S/C34H34ClF2N7O5/c1-17-23(38-31(46)30-33(47)41(3)34(48)42(4)40-30)10-9-21(36)26(17)28-22(37)8-7-20(29(28)35)24-16-19-6-11-25(27(19)32(39-24)49-5)44-14-12-43(13-15-44)18(2)45/h7-10,16,25H,6,11-15H2,1-5H3,(H,38,46)/t25-/m0/s1. The summed E-state index contributed by atoms with van der Waals surface area (Å²) >= 11 is 6.89. The molecular weight excluding hydrogens is 660 g/mol. The quantitative estimate of drug-likeness (QED) is 0.322. The molecule has 1 N–H and O–H groups in total. The van der Waals surface area contributed by atoms with Crippen LogP contribution in [0.3, 0.4) is 0 Å². The molecule has 1 aliphatic heterocycles. The van der Waals surface area contributed by atoms with Crippen molar-refractivity contribution in [2.45, 2.75) is 32.7 Å². The second-order valence-corrected chi connectivity index (χ2v) is 12.5. The van der Waals surface area contributed by atoms with Gasteiger partial charge in [0.2, 0.25) is 17.5 Å². The van der Waals surface area contributed by atoms with Crippen LogP contribution in [0.1, 0.15) is 46.6 Å². The number of fused-ring (bicyclic) bond motifs is 1. The van der Waals surface area contributed by atoms with Gasteiger partial charge in [-0.15, -0.1) is 0 Å². The van der Waals surface area contributed by atoms with Crippen LogP contribution in [0.25, 0.3) is 22.4 Å². The van der Waals surface area contributed by atoms with E-state index in [4.69, 9.17) is 21.3 Å². The van der Waals surface area contributed by atoms with Crippen LogP contribution >= 0.6 is 11.6 Å². The molecule has 2 amide bonds. The molecule has 2 aromatic heterocycles. The number of nitrogens with zero attached hydrogens (tertiary/aromatic N) is 6. The van der Waals surface area contributed by atoms with E-state index in [0.717, 1.165) is 52.4 Å². The molecule has 0 spiro atoms. The number of pyridine rings is 1. The third kappa shape index (κ3) is 5.99. The molecule has 4 aromatic rings. The van der Waals surface area contributed by atoms with E-state index in [1.807, 2.05) is 11.0 Å². The molecule has 0 bridgehead atoms. The number of nitrogens with one attached hydrogen (secondary N) is 1. The number of amides is 2. The van der Waals surface area contributed by atoms with E-state index >= 15 is 8.78 Å². The van der Waals surface area contributed by atoms with Crippen molar-refractivity contribution in [2.24, 2.45) is 14.1 Å². The van der Waals surface area contributed by atoms with Crippen LogP contribution in [0.15, 0.2) is 39.9 Å². The van der Waals surface area contributed by atoms with Crippen molar-refractivity contribution < 1.29 is 23.1 Å². The Morgan fingerprint density at radius 2 is 1.69 bits per heavy atom. The van der Waals surface area contributed by atoms with E-state index in [2.05, 4.69) is 15.3 Å². The Bertz CT molecular complexity index is 2140. The summed E-state index contributed by atoms with van der Waals surface area (Å²) in [5.41, 5.74) is 0.345. The maximum atomic E-state index is 15.6. The zero-order valence-electron chi connectivity index (χ0n) is 27.6. The van der Waals surface area contributed by atoms with Crippen LogP contribution in [-0.2, 0) is 25.3 Å². The van der Waals surface area contributed by atoms with E-state index in [9.17, 15) is 19.2 Å². The summed E-state index contributed by atoms with van der Waals surface area (Å²) in [6.45, 7) is 5.80. The van der Waals surface area contributed by atoms with Gasteiger partial charge in [0.05, 0.1) is 17.8 Å². The Morgan fingerprint density at radius 3 is 2.37 bits per heavy atom. The van der Waals surface area contributed by atoms with Gasteiger partial charge in [-0.05, 0) is 61.2 Å². The number of aryl methyl sites for hydroxylation is 2. The van der Waals surface area contributed by atoms with Gasteiger partial charge in [0.15, 0.2) is 0 Å². The zero-order valence-corrected chi connectivity index (χ0v) is 28.3. The normalized spacial score (nSPS) is 16.1. The fourth-order valence-corrected chi connectivity index (χ4v) is 7.06. The number of carbonyl (C=O) groups excluding carboxylic acids is 2. The maximum Gasteiger partial charge on any atom is 0.346 e. The van der Waals surface area contributed by atoms with Crippen LogP contribution in [0.2, 0.25) is 5.02 Å². The number of hydrogen-bond acceptors (Lipinski definition) is 8. The van der Waals surface area contributed by atoms with Crippen molar-refractivity contribution >= 4 is 29.1 Å². The minimum absolute atomic E-state index is 0.0585. The van der Waals surface area contributed by atoms with Crippen LogP contribution in [-0.4, -0.2) is 74.2 Å². The highest BCUT2D eigenvalue weighted by molar-refractivity contribution is 6.36. The molecule has 1 aliphatic carbocycles. The van der Waals surface area contributed by atoms with E-state index < -0.39 is 34.5 Å². The summed E-state index contributed by atoms with van der Waals surface area (Å²) in [5.74, 6) is -2.06. The molecule has 0 radical (unpaired) electrons. The van der Waals surface area contributed by atoms with Gasteiger partial charge < -0.3 is 15.0 Å². The van der Waals surface area contributed by atoms with Gasteiger partial charge in [-0.3, -0.25) is 23.9 Å². The van der Waals surface area contributed by atoms with E-state index in [-0.39, 0.29) is 39.3 Å². The number of piperazine rings is 1. The predicted molar refractivity (Wildman–Crippen MR) is 179 cm³/mol. The highest BCUT2D eigenvalue weighted by atomic mass is 35.5. The number of benzene rings is 2. The van der Waals surface area contributed by atoms with Crippen molar-refractivity contribution in [3.05, 3.63) is 90.2 Å². The fraction of sp³-hybridized carbons (Fsp3) is 0.353. The molecule has 0 unspecified atom stereocenters. The first kappa shape index (κ1) is 33.9. The Labute approximate surface area is 284 Å².